The molecule has 0 fully saturated rings. The zero-order valence-corrected chi connectivity index (χ0v) is 9.66. The molecule has 0 spiro atoms. The third-order valence-corrected chi connectivity index (χ3v) is 2.96. The maximum absolute atomic E-state index is 8.57. The Balaban J connectivity index is 2.15. The third-order valence-electron chi connectivity index (χ3n) is 1.78. The van der Waals surface area contributed by atoms with Crippen molar-refractivity contribution in [2.45, 2.75) is 9.92 Å². The molecular weight excluding hydrogens is 242 g/mol. The van der Waals surface area contributed by atoms with E-state index in [1.807, 2.05) is 30.3 Å². The molecule has 78 valence electrons. The van der Waals surface area contributed by atoms with Crippen LogP contribution in [-0.2, 0) is 0 Å². The Labute approximate surface area is 102 Å². The zero-order valence-electron chi connectivity index (χ0n) is 8.09. The lowest BCUT2D eigenvalue weighted by Crippen LogP contribution is -1.86. The standard InChI is InChI=1S/C11H6ClN3S/c12-8-1-3-10(4-2-8)16-11-7-14-9(5-13)6-15-11/h1-4,6-7H. The first-order chi connectivity index (χ1) is 7.78. The van der Waals surface area contributed by atoms with Crippen LogP contribution >= 0.6 is 23.4 Å². The highest BCUT2D eigenvalue weighted by molar-refractivity contribution is 7.99. The summed E-state index contributed by atoms with van der Waals surface area (Å²) in [6.45, 7) is 0. The minimum absolute atomic E-state index is 0.320. The number of hydrogen-bond acceptors (Lipinski definition) is 4. The fourth-order valence-corrected chi connectivity index (χ4v) is 1.90. The van der Waals surface area contributed by atoms with Crippen LogP contribution in [0.15, 0.2) is 46.6 Å². The molecule has 0 saturated heterocycles. The van der Waals surface area contributed by atoms with E-state index in [4.69, 9.17) is 16.9 Å². The highest BCUT2D eigenvalue weighted by Gasteiger charge is 2.00. The lowest BCUT2D eigenvalue weighted by Gasteiger charge is -1.99. The lowest BCUT2D eigenvalue weighted by atomic mass is 10.4. The monoisotopic (exact) mass is 247 g/mol. The van der Waals surface area contributed by atoms with Crippen molar-refractivity contribution < 1.29 is 0 Å². The number of nitrogens with zero attached hydrogens (tertiary/aromatic N) is 3. The SMILES string of the molecule is N#Cc1cnc(Sc2ccc(Cl)cc2)cn1. The molecule has 0 aliphatic heterocycles. The predicted octanol–water partition coefficient (Wildman–Crippen LogP) is 3.15. The van der Waals surface area contributed by atoms with E-state index in [1.165, 1.54) is 18.0 Å². The molecule has 2 rings (SSSR count). The average molecular weight is 248 g/mol. The molecule has 0 amide bonds. The second-order valence-corrected chi connectivity index (χ2v) is 4.44. The van der Waals surface area contributed by atoms with E-state index in [9.17, 15) is 0 Å². The van der Waals surface area contributed by atoms with Gasteiger partial charge in [0.15, 0.2) is 5.69 Å². The van der Waals surface area contributed by atoms with Gasteiger partial charge in [0.1, 0.15) is 11.1 Å². The molecule has 0 N–H and O–H groups in total. The van der Waals surface area contributed by atoms with Crippen molar-refractivity contribution in [3.8, 4) is 6.07 Å². The maximum Gasteiger partial charge on any atom is 0.158 e. The molecule has 2 aromatic rings. The summed E-state index contributed by atoms with van der Waals surface area (Å²) in [5.41, 5.74) is 0.320. The van der Waals surface area contributed by atoms with Crippen molar-refractivity contribution in [2.24, 2.45) is 0 Å². The first kappa shape index (κ1) is 10.9. The largest absolute Gasteiger partial charge is 0.245 e. The molecule has 0 bridgehead atoms. The van der Waals surface area contributed by atoms with E-state index in [-0.39, 0.29) is 0 Å². The Bertz CT molecular complexity index is 516. The van der Waals surface area contributed by atoms with Gasteiger partial charge in [-0.3, -0.25) is 0 Å². The number of aromatic nitrogens is 2. The zero-order chi connectivity index (χ0) is 11.4. The van der Waals surface area contributed by atoms with Crippen LogP contribution in [-0.4, -0.2) is 9.97 Å². The fourth-order valence-electron chi connectivity index (χ4n) is 1.05. The first-order valence-electron chi connectivity index (χ1n) is 4.43. The molecule has 0 saturated carbocycles. The fraction of sp³-hybridized carbons (Fsp3) is 0. The van der Waals surface area contributed by atoms with Crippen LogP contribution in [0.4, 0.5) is 0 Å². The first-order valence-corrected chi connectivity index (χ1v) is 5.63. The van der Waals surface area contributed by atoms with Crippen LogP contribution in [0.5, 0.6) is 0 Å². The normalized spacial score (nSPS) is 9.75. The molecule has 0 atom stereocenters. The summed E-state index contributed by atoms with van der Waals surface area (Å²) in [7, 11) is 0. The second kappa shape index (κ2) is 4.97. The van der Waals surface area contributed by atoms with Gasteiger partial charge in [-0.25, -0.2) is 9.97 Å². The van der Waals surface area contributed by atoms with Crippen molar-refractivity contribution in [3.05, 3.63) is 47.4 Å². The van der Waals surface area contributed by atoms with Crippen LogP contribution in [0.25, 0.3) is 0 Å². The highest BCUT2D eigenvalue weighted by atomic mass is 35.5. The van der Waals surface area contributed by atoms with Gasteiger partial charge in [0, 0.05) is 9.92 Å². The summed E-state index contributed by atoms with van der Waals surface area (Å²) in [6.07, 6.45) is 3.04. The average Bonchev–Trinajstić information content (AvgIpc) is 2.33. The summed E-state index contributed by atoms with van der Waals surface area (Å²) < 4.78 is 0. The molecule has 3 nitrogen and oxygen atoms in total. The number of nitriles is 1. The summed E-state index contributed by atoms with van der Waals surface area (Å²) in [5.74, 6) is 0. The lowest BCUT2D eigenvalue weighted by molar-refractivity contribution is 1.04. The Hall–Kier alpha value is -1.57. The van der Waals surface area contributed by atoms with E-state index in [1.54, 1.807) is 6.20 Å². The van der Waals surface area contributed by atoms with Crippen LogP contribution < -0.4 is 0 Å². The Morgan fingerprint density at radius 3 is 2.44 bits per heavy atom. The van der Waals surface area contributed by atoms with Crippen molar-refractivity contribution in [2.75, 3.05) is 0 Å². The summed E-state index contributed by atoms with van der Waals surface area (Å²) >= 11 is 7.25. The summed E-state index contributed by atoms with van der Waals surface area (Å²) in [6, 6.07) is 9.39. The van der Waals surface area contributed by atoms with Gasteiger partial charge in [-0.2, -0.15) is 5.26 Å². The number of benzene rings is 1. The van der Waals surface area contributed by atoms with Crippen molar-refractivity contribution >= 4 is 23.4 Å². The molecule has 1 aromatic heterocycles. The van der Waals surface area contributed by atoms with Crippen molar-refractivity contribution in [1.82, 2.24) is 9.97 Å². The van der Waals surface area contributed by atoms with Gasteiger partial charge in [0.25, 0.3) is 0 Å². The molecule has 16 heavy (non-hydrogen) atoms. The summed E-state index contributed by atoms with van der Waals surface area (Å²) in [4.78, 5) is 9.08. The Morgan fingerprint density at radius 1 is 1.12 bits per heavy atom. The minimum Gasteiger partial charge on any atom is -0.245 e. The van der Waals surface area contributed by atoms with Crippen LogP contribution in [0, 0.1) is 11.3 Å². The van der Waals surface area contributed by atoms with E-state index >= 15 is 0 Å². The van der Waals surface area contributed by atoms with Crippen LogP contribution in [0.1, 0.15) is 5.69 Å². The molecule has 1 aromatic carbocycles. The second-order valence-electron chi connectivity index (χ2n) is 2.91. The summed E-state index contributed by atoms with van der Waals surface area (Å²) in [5, 5.41) is 10.0. The topological polar surface area (TPSA) is 49.6 Å². The van der Waals surface area contributed by atoms with E-state index in [0.29, 0.717) is 10.7 Å². The maximum atomic E-state index is 8.57. The smallest absolute Gasteiger partial charge is 0.158 e. The molecule has 0 radical (unpaired) electrons. The van der Waals surface area contributed by atoms with Crippen LogP contribution in [0.2, 0.25) is 5.02 Å². The van der Waals surface area contributed by atoms with Crippen molar-refractivity contribution in [3.63, 3.8) is 0 Å². The predicted molar refractivity (Wildman–Crippen MR) is 62.3 cm³/mol. The van der Waals surface area contributed by atoms with E-state index in [0.717, 1.165) is 9.92 Å². The van der Waals surface area contributed by atoms with E-state index in [2.05, 4.69) is 9.97 Å². The van der Waals surface area contributed by atoms with Gasteiger partial charge in [0.05, 0.1) is 12.4 Å². The van der Waals surface area contributed by atoms with Gasteiger partial charge in [0.2, 0.25) is 0 Å². The van der Waals surface area contributed by atoms with Gasteiger partial charge in [-0.05, 0) is 24.3 Å². The Morgan fingerprint density at radius 2 is 1.88 bits per heavy atom. The minimum atomic E-state index is 0.320. The molecule has 0 unspecified atom stereocenters. The third kappa shape index (κ3) is 2.72. The molecular formula is C11H6ClN3S. The highest BCUT2D eigenvalue weighted by Crippen LogP contribution is 2.26. The number of hydrogen-bond donors (Lipinski definition) is 0. The Kier molecular flexibility index (Phi) is 3.40. The molecule has 0 aliphatic carbocycles. The van der Waals surface area contributed by atoms with Crippen LogP contribution in [0.3, 0.4) is 0 Å². The molecule has 1 heterocycles. The van der Waals surface area contributed by atoms with Gasteiger partial charge < -0.3 is 0 Å². The van der Waals surface area contributed by atoms with Gasteiger partial charge in [-0.15, -0.1) is 0 Å². The number of halogens is 1. The van der Waals surface area contributed by atoms with E-state index < -0.39 is 0 Å². The van der Waals surface area contributed by atoms with Gasteiger partial charge >= 0.3 is 0 Å². The van der Waals surface area contributed by atoms with Gasteiger partial charge in [-0.1, -0.05) is 23.4 Å². The molecule has 5 heteroatoms. The quantitative estimate of drug-likeness (QED) is 0.818. The number of rotatable bonds is 2. The molecule has 0 aliphatic rings. The van der Waals surface area contributed by atoms with Crippen molar-refractivity contribution in [1.29, 1.82) is 5.26 Å².